The molecule has 6 rings (SSSR count). The molecule has 1 N–H and O–H groups in total. The number of nitrogens with one attached hydrogen (secondary N) is 1. The third-order valence-electron chi connectivity index (χ3n) is 6.95. The topological polar surface area (TPSA) is 58.1 Å². The van der Waals surface area contributed by atoms with Gasteiger partial charge in [0.05, 0.1) is 10.3 Å². The molecule has 0 radical (unpaired) electrons. The second-order valence-electron chi connectivity index (χ2n) is 9.02. The number of carbonyl (C=O) groups is 1. The van der Waals surface area contributed by atoms with Crippen molar-refractivity contribution in [3.05, 3.63) is 81.5 Å². The number of hydrogen-bond acceptors (Lipinski definition) is 5. The average molecular weight is 455 g/mol. The molecule has 0 saturated heterocycles. The number of rotatable bonds is 3. The van der Waals surface area contributed by atoms with Crippen LogP contribution in [0.25, 0.3) is 10.2 Å². The lowest BCUT2D eigenvalue weighted by molar-refractivity contribution is 0.103. The van der Waals surface area contributed by atoms with E-state index in [4.69, 9.17) is 0 Å². The Balaban J connectivity index is 1.31. The summed E-state index contributed by atoms with van der Waals surface area (Å²) in [6.45, 7) is 3.76. The standard InChI is InChI=1S/C27H26N4OS/c1-17-23-25(31-13-12-19-7-3-5-9-21(19)15-31)28-16-29-27(23)33-24(17)26(32)30-22-11-10-18-6-2-4-8-20(18)14-22/h3,5,7,9-11,14,16H,2,4,6,8,12-13,15H2,1H3,(H,30,32). The van der Waals surface area contributed by atoms with Gasteiger partial charge in [0.15, 0.2) is 0 Å². The van der Waals surface area contributed by atoms with Crippen molar-refractivity contribution in [2.45, 2.75) is 45.6 Å². The molecule has 6 heteroatoms. The molecule has 0 atom stereocenters. The molecule has 33 heavy (non-hydrogen) atoms. The minimum atomic E-state index is -0.0683. The van der Waals surface area contributed by atoms with Crippen LogP contribution in [0.4, 0.5) is 11.5 Å². The fourth-order valence-corrected chi connectivity index (χ4v) is 6.22. The molecule has 0 spiro atoms. The van der Waals surface area contributed by atoms with Crippen LogP contribution < -0.4 is 10.2 Å². The Morgan fingerprint density at radius 2 is 1.76 bits per heavy atom. The molecule has 2 aromatic carbocycles. The highest BCUT2D eigenvalue weighted by Gasteiger charge is 2.24. The van der Waals surface area contributed by atoms with Crippen LogP contribution in [0.3, 0.4) is 0 Å². The summed E-state index contributed by atoms with van der Waals surface area (Å²) in [7, 11) is 0. The highest BCUT2D eigenvalue weighted by Crippen LogP contribution is 2.37. The molecule has 166 valence electrons. The number of aromatic nitrogens is 2. The van der Waals surface area contributed by atoms with Crippen molar-refractivity contribution >= 4 is 39.0 Å². The summed E-state index contributed by atoms with van der Waals surface area (Å²) in [6.07, 6.45) is 7.34. The number of amides is 1. The maximum absolute atomic E-state index is 13.3. The lowest BCUT2D eigenvalue weighted by Gasteiger charge is -2.30. The normalized spacial score (nSPS) is 15.2. The van der Waals surface area contributed by atoms with Gasteiger partial charge in [-0.2, -0.15) is 0 Å². The fraction of sp³-hybridized carbons (Fsp3) is 0.296. The molecule has 2 aliphatic rings. The molecule has 0 unspecified atom stereocenters. The Kier molecular flexibility index (Phi) is 5.10. The minimum Gasteiger partial charge on any atom is -0.351 e. The van der Waals surface area contributed by atoms with Gasteiger partial charge in [0.1, 0.15) is 17.0 Å². The lowest BCUT2D eigenvalue weighted by atomic mass is 9.91. The maximum atomic E-state index is 13.3. The van der Waals surface area contributed by atoms with Gasteiger partial charge in [-0.25, -0.2) is 9.97 Å². The van der Waals surface area contributed by atoms with Crippen molar-refractivity contribution in [3.8, 4) is 0 Å². The number of nitrogens with zero attached hydrogens (tertiary/aromatic N) is 3. The molecule has 0 bridgehead atoms. The van der Waals surface area contributed by atoms with E-state index < -0.39 is 0 Å². The average Bonchev–Trinajstić information content (AvgIpc) is 3.20. The maximum Gasteiger partial charge on any atom is 0.266 e. The first kappa shape index (κ1) is 20.4. The number of carbonyl (C=O) groups excluding carboxylic acids is 1. The minimum absolute atomic E-state index is 0.0683. The van der Waals surface area contributed by atoms with Crippen LogP contribution in [-0.4, -0.2) is 22.4 Å². The van der Waals surface area contributed by atoms with E-state index in [-0.39, 0.29) is 5.91 Å². The van der Waals surface area contributed by atoms with E-state index in [1.54, 1.807) is 6.33 Å². The smallest absolute Gasteiger partial charge is 0.266 e. The third-order valence-corrected chi connectivity index (χ3v) is 8.15. The number of thiophene rings is 1. The molecule has 1 aliphatic heterocycles. The van der Waals surface area contributed by atoms with E-state index >= 15 is 0 Å². The Morgan fingerprint density at radius 3 is 2.64 bits per heavy atom. The van der Waals surface area contributed by atoms with Gasteiger partial charge in [-0.15, -0.1) is 11.3 Å². The molecule has 4 aromatic rings. The van der Waals surface area contributed by atoms with Crippen LogP contribution in [0.1, 0.15) is 50.3 Å². The predicted octanol–water partition coefficient (Wildman–Crippen LogP) is 5.69. The summed E-state index contributed by atoms with van der Waals surface area (Å²) < 4.78 is 0. The van der Waals surface area contributed by atoms with Gasteiger partial charge in [-0.3, -0.25) is 4.79 Å². The van der Waals surface area contributed by atoms with Crippen LogP contribution in [0.15, 0.2) is 48.8 Å². The Bertz CT molecular complexity index is 1380. The van der Waals surface area contributed by atoms with Gasteiger partial charge >= 0.3 is 0 Å². The summed E-state index contributed by atoms with van der Waals surface area (Å²) >= 11 is 1.45. The van der Waals surface area contributed by atoms with E-state index in [1.807, 2.05) is 13.0 Å². The summed E-state index contributed by atoms with van der Waals surface area (Å²) in [5.41, 5.74) is 7.36. The van der Waals surface area contributed by atoms with Crippen LogP contribution in [0, 0.1) is 6.92 Å². The fourth-order valence-electron chi connectivity index (χ4n) is 5.18. The van der Waals surface area contributed by atoms with Crippen molar-refractivity contribution in [2.24, 2.45) is 0 Å². The number of benzene rings is 2. The van der Waals surface area contributed by atoms with E-state index in [0.717, 1.165) is 59.6 Å². The van der Waals surface area contributed by atoms with Crippen molar-refractivity contribution in [2.75, 3.05) is 16.8 Å². The Morgan fingerprint density at radius 1 is 0.970 bits per heavy atom. The quantitative estimate of drug-likeness (QED) is 0.432. The molecular formula is C27H26N4OS. The largest absolute Gasteiger partial charge is 0.351 e. The van der Waals surface area contributed by atoms with Crippen molar-refractivity contribution in [1.29, 1.82) is 0 Å². The highest BCUT2D eigenvalue weighted by atomic mass is 32.1. The van der Waals surface area contributed by atoms with Crippen molar-refractivity contribution < 1.29 is 4.79 Å². The molecular weight excluding hydrogens is 428 g/mol. The number of fused-ring (bicyclic) bond motifs is 3. The van der Waals surface area contributed by atoms with E-state index in [2.05, 4.69) is 56.6 Å². The molecule has 3 heterocycles. The summed E-state index contributed by atoms with van der Waals surface area (Å²) in [5.74, 6) is 0.859. The molecule has 5 nitrogen and oxygen atoms in total. The van der Waals surface area contributed by atoms with Crippen LogP contribution in [0.5, 0.6) is 0 Å². The van der Waals surface area contributed by atoms with Gasteiger partial charge < -0.3 is 10.2 Å². The van der Waals surface area contributed by atoms with Gasteiger partial charge in [-0.1, -0.05) is 30.3 Å². The van der Waals surface area contributed by atoms with Crippen LogP contribution >= 0.6 is 11.3 Å². The zero-order chi connectivity index (χ0) is 22.4. The third kappa shape index (κ3) is 3.68. The van der Waals surface area contributed by atoms with Gasteiger partial charge in [0.2, 0.25) is 0 Å². The van der Waals surface area contributed by atoms with E-state index in [0.29, 0.717) is 4.88 Å². The van der Waals surface area contributed by atoms with Gasteiger partial charge in [0.25, 0.3) is 5.91 Å². The van der Waals surface area contributed by atoms with Gasteiger partial charge in [0, 0.05) is 18.8 Å². The summed E-state index contributed by atoms with van der Waals surface area (Å²) in [5, 5.41) is 4.13. The van der Waals surface area contributed by atoms with Crippen LogP contribution in [0.2, 0.25) is 0 Å². The van der Waals surface area contributed by atoms with E-state index in [1.165, 1.54) is 46.4 Å². The second kappa shape index (κ2) is 8.27. The number of aryl methyl sites for hydroxylation is 3. The first-order chi connectivity index (χ1) is 16.2. The summed E-state index contributed by atoms with van der Waals surface area (Å²) in [6, 6.07) is 14.9. The first-order valence-corrected chi connectivity index (χ1v) is 12.5. The predicted molar refractivity (Wildman–Crippen MR) is 134 cm³/mol. The molecule has 0 saturated carbocycles. The van der Waals surface area contributed by atoms with E-state index in [9.17, 15) is 4.79 Å². The molecule has 0 fully saturated rings. The Hall–Kier alpha value is -3.25. The zero-order valence-corrected chi connectivity index (χ0v) is 19.5. The molecule has 1 aliphatic carbocycles. The van der Waals surface area contributed by atoms with Crippen LogP contribution in [-0.2, 0) is 25.8 Å². The number of hydrogen-bond donors (Lipinski definition) is 1. The highest BCUT2D eigenvalue weighted by molar-refractivity contribution is 7.20. The SMILES string of the molecule is Cc1c(C(=O)Nc2ccc3c(c2)CCCC3)sc2ncnc(N3CCc4ccccc4C3)c12. The first-order valence-electron chi connectivity index (χ1n) is 11.7. The monoisotopic (exact) mass is 454 g/mol. The molecule has 1 amide bonds. The second-order valence-corrected chi connectivity index (χ2v) is 10.0. The lowest BCUT2D eigenvalue weighted by Crippen LogP contribution is -2.31. The summed E-state index contributed by atoms with van der Waals surface area (Å²) in [4.78, 5) is 26.3. The zero-order valence-electron chi connectivity index (χ0n) is 18.7. The van der Waals surface area contributed by atoms with Crippen molar-refractivity contribution in [3.63, 3.8) is 0 Å². The van der Waals surface area contributed by atoms with Crippen molar-refractivity contribution in [1.82, 2.24) is 9.97 Å². The Labute approximate surface area is 197 Å². The van der Waals surface area contributed by atoms with Gasteiger partial charge in [-0.05, 0) is 79.0 Å². The number of anilines is 2. The molecule has 2 aromatic heterocycles.